The molecule has 1 aliphatic rings. The van der Waals surface area contributed by atoms with Crippen molar-refractivity contribution in [3.8, 4) is 12.1 Å². The topological polar surface area (TPSA) is 106 Å². The molecule has 2 rings (SSSR count). The van der Waals surface area contributed by atoms with Gasteiger partial charge in [-0.2, -0.15) is 10.5 Å². The SMILES string of the molecule is N#CC(C#N)=CNc1ccc(S(=O)(=O)NC2CCCCC2)cc1. The minimum absolute atomic E-state index is 0.0169. The summed E-state index contributed by atoms with van der Waals surface area (Å²) >= 11 is 0. The molecule has 7 heteroatoms. The maximum atomic E-state index is 12.3. The number of benzene rings is 1. The number of nitrogens with zero attached hydrogens (tertiary/aromatic N) is 2. The molecule has 0 bridgehead atoms. The maximum Gasteiger partial charge on any atom is 0.240 e. The number of nitriles is 2. The highest BCUT2D eigenvalue weighted by Gasteiger charge is 2.21. The van der Waals surface area contributed by atoms with Gasteiger partial charge < -0.3 is 5.32 Å². The summed E-state index contributed by atoms with van der Waals surface area (Å²) in [5.74, 6) is 0. The van der Waals surface area contributed by atoms with Crippen LogP contribution in [-0.4, -0.2) is 14.5 Å². The first-order chi connectivity index (χ1) is 11.0. The van der Waals surface area contributed by atoms with Crippen molar-refractivity contribution in [3.05, 3.63) is 36.0 Å². The molecule has 0 heterocycles. The fourth-order valence-electron chi connectivity index (χ4n) is 2.48. The number of hydrogen-bond acceptors (Lipinski definition) is 5. The van der Waals surface area contributed by atoms with E-state index in [-0.39, 0.29) is 16.5 Å². The third kappa shape index (κ3) is 4.82. The Morgan fingerprint density at radius 3 is 2.26 bits per heavy atom. The lowest BCUT2D eigenvalue weighted by atomic mass is 9.96. The number of nitrogens with one attached hydrogen (secondary N) is 2. The Morgan fingerprint density at radius 1 is 1.09 bits per heavy atom. The predicted octanol–water partition coefficient (Wildman–Crippen LogP) is 2.64. The lowest BCUT2D eigenvalue weighted by molar-refractivity contribution is 0.412. The summed E-state index contributed by atoms with van der Waals surface area (Å²) < 4.78 is 27.4. The zero-order valence-electron chi connectivity index (χ0n) is 12.6. The summed E-state index contributed by atoms with van der Waals surface area (Å²) in [5.41, 5.74) is 0.547. The van der Waals surface area contributed by atoms with Gasteiger partial charge in [-0.1, -0.05) is 19.3 Å². The van der Waals surface area contributed by atoms with E-state index in [4.69, 9.17) is 10.5 Å². The van der Waals surface area contributed by atoms with E-state index in [1.54, 1.807) is 24.3 Å². The van der Waals surface area contributed by atoms with Crippen LogP contribution >= 0.6 is 0 Å². The molecular formula is C16H18N4O2S. The first kappa shape index (κ1) is 17.0. The predicted molar refractivity (Wildman–Crippen MR) is 86.6 cm³/mol. The van der Waals surface area contributed by atoms with Crippen LogP contribution in [0.2, 0.25) is 0 Å². The molecule has 0 saturated heterocycles. The van der Waals surface area contributed by atoms with Gasteiger partial charge in [0.15, 0.2) is 0 Å². The van der Waals surface area contributed by atoms with Crippen LogP contribution in [0.3, 0.4) is 0 Å². The standard InChI is InChI=1S/C16H18N4O2S/c17-10-13(11-18)12-19-14-6-8-16(9-7-14)23(21,22)20-15-4-2-1-3-5-15/h6-9,12,15,19-20H,1-5H2. The molecule has 2 N–H and O–H groups in total. The zero-order chi connectivity index (χ0) is 16.7. The Kier molecular flexibility index (Phi) is 5.75. The van der Waals surface area contributed by atoms with Crippen molar-refractivity contribution < 1.29 is 8.42 Å². The Balaban J connectivity index is 2.05. The molecule has 1 aromatic carbocycles. The van der Waals surface area contributed by atoms with Gasteiger partial charge in [0.2, 0.25) is 10.0 Å². The van der Waals surface area contributed by atoms with Gasteiger partial charge in [0.1, 0.15) is 17.7 Å². The van der Waals surface area contributed by atoms with E-state index in [1.807, 2.05) is 0 Å². The maximum absolute atomic E-state index is 12.3. The van der Waals surface area contributed by atoms with E-state index >= 15 is 0 Å². The van der Waals surface area contributed by atoms with Crippen LogP contribution in [0, 0.1) is 22.7 Å². The van der Waals surface area contributed by atoms with Crippen LogP contribution in [0.4, 0.5) is 5.69 Å². The molecular weight excluding hydrogens is 312 g/mol. The molecule has 1 fully saturated rings. The highest BCUT2D eigenvalue weighted by atomic mass is 32.2. The number of allylic oxidation sites excluding steroid dienone is 1. The van der Waals surface area contributed by atoms with Crippen LogP contribution in [-0.2, 0) is 10.0 Å². The molecule has 0 spiro atoms. The summed E-state index contributed by atoms with van der Waals surface area (Å²) in [6, 6.07) is 9.68. The molecule has 0 atom stereocenters. The van der Waals surface area contributed by atoms with Gasteiger partial charge in [-0.3, -0.25) is 0 Å². The summed E-state index contributed by atoms with van der Waals surface area (Å²) in [6.07, 6.45) is 6.33. The quantitative estimate of drug-likeness (QED) is 0.807. The van der Waals surface area contributed by atoms with Crippen LogP contribution < -0.4 is 10.0 Å². The van der Waals surface area contributed by atoms with Crippen molar-refractivity contribution in [1.82, 2.24) is 4.72 Å². The zero-order valence-corrected chi connectivity index (χ0v) is 13.4. The average Bonchev–Trinajstić information content (AvgIpc) is 2.57. The largest absolute Gasteiger partial charge is 0.360 e. The van der Waals surface area contributed by atoms with Crippen LogP contribution in [0.15, 0.2) is 40.9 Å². The number of anilines is 1. The Labute approximate surface area is 136 Å². The monoisotopic (exact) mass is 330 g/mol. The number of rotatable bonds is 5. The van der Waals surface area contributed by atoms with E-state index in [2.05, 4.69) is 10.0 Å². The first-order valence-electron chi connectivity index (χ1n) is 7.44. The second-order valence-corrected chi connectivity index (χ2v) is 7.12. The molecule has 6 nitrogen and oxygen atoms in total. The van der Waals surface area contributed by atoms with Crippen molar-refractivity contribution in [1.29, 1.82) is 10.5 Å². The second-order valence-electron chi connectivity index (χ2n) is 5.41. The van der Waals surface area contributed by atoms with Gasteiger partial charge in [0.05, 0.1) is 4.90 Å². The van der Waals surface area contributed by atoms with Crippen LogP contribution in [0.25, 0.3) is 0 Å². The van der Waals surface area contributed by atoms with Crippen molar-refractivity contribution in [2.45, 2.75) is 43.0 Å². The van der Waals surface area contributed by atoms with E-state index in [0.29, 0.717) is 5.69 Å². The summed E-state index contributed by atoms with van der Waals surface area (Å²) in [6.45, 7) is 0. The third-order valence-electron chi connectivity index (χ3n) is 3.72. The molecule has 1 aliphatic carbocycles. The Bertz CT molecular complexity index is 733. The third-order valence-corrected chi connectivity index (χ3v) is 5.25. The van der Waals surface area contributed by atoms with Crippen molar-refractivity contribution in [3.63, 3.8) is 0 Å². The summed E-state index contributed by atoms with van der Waals surface area (Å²) in [4.78, 5) is 0.207. The lowest BCUT2D eigenvalue weighted by Crippen LogP contribution is -2.36. The second kappa shape index (κ2) is 7.77. The molecule has 0 amide bonds. The van der Waals surface area contributed by atoms with Crippen molar-refractivity contribution in [2.75, 3.05) is 5.32 Å². The number of sulfonamides is 1. The Morgan fingerprint density at radius 2 is 1.70 bits per heavy atom. The lowest BCUT2D eigenvalue weighted by Gasteiger charge is -2.22. The summed E-state index contributed by atoms with van der Waals surface area (Å²) in [7, 11) is -3.52. The van der Waals surface area contributed by atoms with E-state index in [1.165, 1.54) is 24.8 Å². The average molecular weight is 330 g/mol. The molecule has 0 aromatic heterocycles. The van der Waals surface area contributed by atoms with E-state index in [0.717, 1.165) is 25.7 Å². The smallest absolute Gasteiger partial charge is 0.240 e. The fourth-order valence-corrected chi connectivity index (χ4v) is 3.79. The molecule has 1 saturated carbocycles. The van der Waals surface area contributed by atoms with E-state index < -0.39 is 10.0 Å². The van der Waals surface area contributed by atoms with Crippen LogP contribution in [0.1, 0.15) is 32.1 Å². The van der Waals surface area contributed by atoms with E-state index in [9.17, 15) is 8.42 Å². The van der Waals surface area contributed by atoms with Gasteiger partial charge in [-0.05, 0) is 37.1 Å². The first-order valence-corrected chi connectivity index (χ1v) is 8.93. The van der Waals surface area contributed by atoms with Gasteiger partial charge in [-0.15, -0.1) is 0 Å². The molecule has 23 heavy (non-hydrogen) atoms. The normalized spacial score (nSPS) is 15.2. The molecule has 0 radical (unpaired) electrons. The summed E-state index contributed by atoms with van der Waals surface area (Å²) in [5, 5.41) is 20.1. The van der Waals surface area contributed by atoms with Gasteiger partial charge in [0.25, 0.3) is 0 Å². The number of hydrogen-bond donors (Lipinski definition) is 2. The van der Waals surface area contributed by atoms with Gasteiger partial charge >= 0.3 is 0 Å². The van der Waals surface area contributed by atoms with Gasteiger partial charge in [0, 0.05) is 17.9 Å². The molecule has 0 unspecified atom stereocenters. The van der Waals surface area contributed by atoms with Crippen molar-refractivity contribution in [2.24, 2.45) is 0 Å². The minimum Gasteiger partial charge on any atom is -0.360 e. The highest BCUT2D eigenvalue weighted by molar-refractivity contribution is 7.89. The molecule has 1 aromatic rings. The van der Waals surface area contributed by atoms with Crippen LogP contribution in [0.5, 0.6) is 0 Å². The van der Waals surface area contributed by atoms with Crippen molar-refractivity contribution >= 4 is 15.7 Å². The van der Waals surface area contributed by atoms with Gasteiger partial charge in [-0.25, -0.2) is 13.1 Å². The minimum atomic E-state index is -3.52. The molecule has 0 aliphatic heterocycles. The molecule has 120 valence electrons. The highest BCUT2D eigenvalue weighted by Crippen LogP contribution is 2.20. The fraction of sp³-hybridized carbons (Fsp3) is 0.375. The Hall–Kier alpha value is -2.35.